The smallest absolute Gasteiger partial charge is 0.274 e. The van der Waals surface area contributed by atoms with Gasteiger partial charge in [-0.25, -0.2) is 5.48 Å². The molecular weight excluding hydrogens is 374 g/mol. The van der Waals surface area contributed by atoms with Gasteiger partial charge in [0.05, 0.1) is 12.2 Å². The first-order valence-corrected chi connectivity index (χ1v) is 8.99. The Hall–Kier alpha value is -3.65. The van der Waals surface area contributed by atoms with Crippen LogP contribution in [0, 0.1) is 0 Å². The van der Waals surface area contributed by atoms with Crippen molar-refractivity contribution in [2.24, 2.45) is 0 Å². The lowest BCUT2D eigenvalue weighted by Gasteiger charge is -2.38. The van der Waals surface area contributed by atoms with Gasteiger partial charge in [0.1, 0.15) is 11.4 Å². The average molecular weight is 393 g/mol. The monoisotopic (exact) mass is 393 g/mol. The van der Waals surface area contributed by atoms with Gasteiger partial charge in [0.25, 0.3) is 11.8 Å². The van der Waals surface area contributed by atoms with E-state index in [9.17, 15) is 9.59 Å². The van der Waals surface area contributed by atoms with Crippen molar-refractivity contribution in [1.29, 1.82) is 0 Å². The molecule has 29 heavy (non-hydrogen) atoms. The van der Waals surface area contributed by atoms with Crippen molar-refractivity contribution < 1.29 is 24.1 Å². The van der Waals surface area contributed by atoms with E-state index < -0.39 is 11.5 Å². The molecule has 0 aliphatic carbocycles. The third-order valence-corrected chi connectivity index (χ3v) is 4.68. The van der Waals surface area contributed by atoms with Gasteiger partial charge in [0, 0.05) is 17.2 Å². The number of benzene rings is 2. The molecule has 0 bridgehead atoms. The van der Waals surface area contributed by atoms with Crippen molar-refractivity contribution in [2.75, 3.05) is 4.90 Å². The first-order valence-electron chi connectivity index (χ1n) is 8.99. The summed E-state index contributed by atoms with van der Waals surface area (Å²) in [6.45, 7) is 3.49. The summed E-state index contributed by atoms with van der Waals surface area (Å²) < 4.78 is 11.2. The van der Waals surface area contributed by atoms with Crippen LogP contribution in [0.2, 0.25) is 0 Å². The summed E-state index contributed by atoms with van der Waals surface area (Å²) in [7, 11) is 0. The maximum atomic E-state index is 13.0. The fourth-order valence-corrected chi connectivity index (χ4v) is 3.22. The lowest BCUT2D eigenvalue weighted by atomic mass is 10.0. The van der Waals surface area contributed by atoms with E-state index in [4.69, 9.17) is 14.5 Å². The van der Waals surface area contributed by atoms with Crippen molar-refractivity contribution in [1.82, 2.24) is 10.6 Å². The Balaban J connectivity index is 1.70. The second-order valence-electron chi connectivity index (χ2n) is 7.18. The van der Waals surface area contributed by atoms with E-state index >= 15 is 0 Å². The summed E-state index contributed by atoms with van der Waals surface area (Å²) in [5, 5.41) is 13.0. The van der Waals surface area contributed by atoms with E-state index in [0.717, 1.165) is 5.56 Å². The number of anilines is 1. The van der Waals surface area contributed by atoms with Crippen LogP contribution in [0.1, 0.15) is 29.9 Å². The number of nitrogens with one attached hydrogen (secondary N) is 1. The third kappa shape index (κ3) is 3.45. The number of fused-ring (bicyclic) bond motifs is 1. The Bertz CT molecular complexity index is 1070. The highest BCUT2D eigenvalue weighted by Gasteiger charge is 2.41. The number of hydrogen-bond acceptors (Lipinski definition) is 6. The highest BCUT2D eigenvalue weighted by atomic mass is 16.5. The predicted octanol–water partition coefficient (Wildman–Crippen LogP) is 3.16. The van der Waals surface area contributed by atoms with Gasteiger partial charge in [0.15, 0.2) is 11.4 Å². The van der Waals surface area contributed by atoms with Gasteiger partial charge in [-0.05, 0) is 32.0 Å². The minimum atomic E-state index is -1.08. The second-order valence-corrected chi connectivity index (χ2v) is 7.18. The lowest BCUT2D eigenvalue weighted by Crippen LogP contribution is -2.52. The van der Waals surface area contributed by atoms with Crippen LogP contribution >= 0.6 is 0 Å². The molecule has 2 aromatic carbocycles. The van der Waals surface area contributed by atoms with Crippen LogP contribution in [0.15, 0.2) is 59.1 Å². The van der Waals surface area contributed by atoms with Crippen molar-refractivity contribution in [2.45, 2.75) is 26.0 Å². The molecule has 4 rings (SSSR count). The Morgan fingerprint density at radius 3 is 2.66 bits per heavy atom. The van der Waals surface area contributed by atoms with E-state index in [0.29, 0.717) is 22.9 Å². The van der Waals surface area contributed by atoms with E-state index in [1.807, 2.05) is 30.3 Å². The van der Waals surface area contributed by atoms with Crippen molar-refractivity contribution >= 4 is 17.5 Å². The predicted molar refractivity (Wildman–Crippen MR) is 104 cm³/mol. The molecule has 0 fully saturated rings. The highest BCUT2D eigenvalue weighted by Crippen LogP contribution is 2.39. The molecule has 2 N–H and O–H groups in total. The molecule has 8 heteroatoms. The summed E-state index contributed by atoms with van der Waals surface area (Å²) >= 11 is 0. The molecule has 8 nitrogen and oxygen atoms in total. The number of amides is 2. The number of hydroxylamine groups is 1. The minimum absolute atomic E-state index is 0.138. The molecule has 1 aliphatic heterocycles. The normalized spacial score (nSPS) is 14.9. The Morgan fingerprint density at radius 2 is 1.93 bits per heavy atom. The number of carbonyl (C=O) groups excluding carboxylic acids is 2. The number of ether oxygens (including phenoxy) is 1. The van der Waals surface area contributed by atoms with Crippen LogP contribution < -0.4 is 15.1 Å². The topological polar surface area (TPSA) is 105 Å². The van der Waals surface area contributed by atoms with Crippen LogP contribution in [0.3, 0.4) is 0 Å². The second kappa shape index (κ2) is 7.06. The summed E-state index contributed by atoms with van der Waals surface area (Å²) in [4.78, 5) is 26.3. The van der Waals surface area contributed by atoms with Crippen molar-refractivity contribution in [3.05, 3.63) is 65.9 Å². The number of aromatic nitrogens is 1. The lowest BCUT2D eigenvalue weighted by molar-refractivity contribution is -0.132. The van der Waals surface area contributed by atoms with Crippen LogP contribution in [0.4, 0.5) is 5.69 Å². The van der Waals surface area contributed by atoms with Gasteiger partial charge in [-0.2, -0.15) is 0 Å². The van der Waals surface area contributed by atoms with Gasteiger partial charge in [0.2, 0.25) is 0 Å². The van der Waals surface area contributed by atoms with Crippen LogP contribution in [-0.4, -0.2) is 27.8 Å². The molecule has 0 saturated heterocycles. The van der Waals surface area contributed by atoms with Gasteiger partial charge >= 0.3 is 0 Å². The zero-order valence-corrected chi connectivity index (χ0v) is 15.9. The molecule has 0 spiro atoms. The first-order chi connectivity index (χ1) is 13.9. The first kappa shape index (κ1) is 18.7. The maximum absolute atomic E-state index is 13.0. The van der Waals surface area contributed by atoms with Gasteiger partial charge in [-0.1, -0.05) is 35.5 Å². The van der Waals surface area contributed by atoms with Gasteiger partial charge in [-0.3, -0.25) is 19.7 Å². The minimum Gasteiger partial charge on any atom is -0.476 e. The zero-order chi connectivity index (χ0) is 20.6. The molecule has 0 radical (unpaired) electrons. The zero-order valence-electron chi connectivity index (χ0n) is 15.9. The fraction of sp³-hybridized carbons (Fsp3) is 0.190. The molecule has 2 amide bonds. The number of hydrogen-bond donors (Lipinski definition) is 2. The van der Waals surface area contributed by atoms with E-state index in [-0.39, 0.29) is 18.0 Å². The standard InChI is InChI=1S/C21H19N3O5/c1-21(2)20(26)24(16-10-14(19(25)22-27)8-9-17(16)28-21)12-15-11-18(29-23-15)13-6-4-3-5-7-13/h3-11,27H,12H2,1-2H3,(H,22,25). The highest BCUT2D eigenvalue weighted by molar-refractivity contribution is 6.04. The number of nitrogens with zero attached hydrogens (tertiary/aromatic N) is 2. The molecule has 2 heterocycles. The third-order valence-electron chi connectivity index (χ3n) is 4.68. The molecule has 0 unspecified atom stereocenters. The molecule has 1 aliphatic rings. The molecule has 148 valence electrons. The summed E-state index contributed by atoms with van der Waals surface area (Å²) in [6, 6.07) is 15.9. The Morgan fingerprint density at radius 1 is 1.17 bits per heavy atom. The van der Waals surface area contributed by atoms with E-state index in [1.165, 1.54) is 17.0 Å². The summed E-state index contributed by atoms with van der Waals surface area (Å²) in [5.41, 5.74) is 2.55. The molecule has 0 saturated carbocycles. The Kier molecular flexibility index (Phi) is 4.56. The molecule has 3 aromatic rings. The van der Waals surface area contributed by atoms with E-state index in [2.05, 4.69) is 5.16 Å². The maximum Gasteiger partial charge on any atom is 0.274 e. The van der Waals surface area contributed by atoms with E-state index in [1.54, 1.807) is 31.5 Å². The Labute approximate surface area is 166 Å². The van der Waals surface area contributed by atoms with Crippen LogP contribution in [-0.2, 0) is 11.3 Å². The van der Waals surface area contributed by atoms with Gasteiger partial charge in [-0.15, -0.1) is 0 Å². The summed E-state index contributed by atoms with van der Waals surface area (Å²) in [5.74, 6) is 0.0821. The molecule has 1 aromatic heterocycles. The van der Waals surface area contributed by atoms with Crippen LogP contribution in [0.25, 0.3) is 11.3 Å². The quantitative estimate of drug-likeness (QED) is 0.521. The fourth-order valence-electron chi connectivity index (χ4n) is 3.22. The molecule has 0 atom stereocenters. The number of rotatable bonds is 4. The SMILES string of the molecule is CC1(C)Oc2ccc(C(=O)NO)cc2N(Cc2cc(-c3ccccc3)on2)C1=O. The van der Waals surface area contributed by atoms with Crippen molar-refractivity contribution in [3.63, 3.8) is 0 Å². The van der Waals surface area contributed by atoms with Gasteiger partial charge < -0.3 is 9.26 Å². The van der Waals surface area contributed by atoms with Crippen LogP contribution in [0.5, 0.6) is 5.75 Å². The molecular formula is C21H19N3O5. The largest absolute Gasteiger partial charge is 0.476 e. The summed E-state index contributed by atoms with van der Waals surface area (Å²) in [6.07, 6.45) is 0. The number of carbonyl (C=O) groups is 2. The van der Waals surface area contributed by atoms with Crippen molar-refractivity contribution in [3.8, 4) is 17.1 Å². The average Bonchev–Trinajstić information content (AvgIpc) is 3.20.